The van der Waals surface area contributed by atoms with E-state index in [9.17, 15) is 18.4 Å². The fourth-order valence-electron chi connectivity index (χ4n) is 3.74. The van der Waals surface area contributed by atoms with Crippen LogP contribution in [0.25, 0.3) is 0 Å². The van der Waals surface area contributed by atoms with Gasteiger partial charge in [-0.15, -0.1) is 0 Å². The lowest BCUT2D eigenvalue weighted by Crippen LogP contribution is -2.44. The molecular weight excluding hydrogens is 328 g/mol. The van der Waals surface area contributed by atoms with Crippen LogP contribution in [0.5, 0.6) is 0 Å². The molecule has 2 saturated carbocycles. The Hall–Kier alpha value is -1.98. The van der Waals surface area contributed by atoms with Crippen LogP contribution in [-0.4, -0.2) is 36.0 Å². The number of hydrogen-bond acceptors (Lipinski definition) is 3. The van der Waals surface area contributed by atoms with Crippen LogP contribution < -0.4 is 0 Å². The van der Waals surface area contributed by atoms with E-state index >= 15 is 0 Å². The van der Waals surface area contributed by atoms with Crippen molar-refractivity contribution in [1.29, 1.82) is 0 Å². The van der Waals surface area contributed by atoms with Gasteiger partial charge in [0.15, 0.2) is 11.6 Å². The molecule has 0 bridgehead atoms. The molecule has 1 amide bonds. The number of esters is 1. The van der Waals surface area contributed by atoms with E-state index in [0.717, 1.165) is 44.6 Å². The monoisotopic (exact) mass is 351 g/mol. The second kappa shape index (κ2) is 7.50. The van der Waals surface area contributed by atoms with Crippen LogP contribution in [0.4, 0.5) is 8.78 Å². The summed E-state index contributed by atoms with van der Waals surface area (Å²) in [6, 6.07) is 3.88. The highest BCUT2D eigenvalue weighted by atomic mass is 19.2. The molecule has 2 fully saturated rings. The lowest BCUT2D eigenvalue weighted by Gasteiger charge is -2.37. The molecule has 0 N–H and O–H groups in total. The van der Waals surface area contributed by atoms with E-state index in [4.69, 9.17) is 4.74 Å². The number of nitrogens with zero attached hydrogens (tertiary/aromatic N) is 1. The predicted molar refractivity (Wildman–Crippen MR) is 87.9 cm³/mol. The molecule has 4 nitrogen and oxygen atoms in total. The van der Waals surface area contributed by atoms with Crippen LogP contribution >= 0.6 is 0 Å². The molecule has 0 aliphatic heterocycles. The van der Waals surface area contributed by atoms with Crippen LogP contribution in [0.15, 0.2) is 18.2 Å². The summed E-state index contributed by atoms with van der Waals surface area (Å²) >= 11 is 0. The number of carbonyl (C=O) groups excluding carboxylic acids is 2. The minimum atomic E-state index is -1.07. The maximum Gasteiger partial charge on any atom is 0.305 e. The van der Waals surface area contributed by atoms with Crippen molar-refractivity contribution in [2.75, 3.05) is 7.11 Å². The third kappa shape index (κ3) is 3.99. The molecule has 6 heteroatoms. The van der Waals surface area contributed by atoms with Crippen molar-refractivity contribution in [1.82, 2.24) is 4.90 Å². The molecule has 2 aliphatic rings. The standard InChI is InChI=1S/C19H23F2NO3/c1-25-17(23)11-12-5-7-13(8-6-12)22(14-9-10-14)19(24)15-3-2-4-16(20)18(15)21/h2-4,12-14H,5-11H2,1H3. The zero-order valence-electron chi connectivity index (χ0n) is 14.3. The fraction of sp³-hybridized carbons (Fsp3) is 0.579. The first kappa shape index (κ1) is 17.8. The molecule has 3 rings (SSSR count). The maximum atomic E-state index is 14.0. The second-order valence-corrected chi connectivity index (χ2v) is 7.00. The second-order valence-electron chi connectivity index (χ2n) is 7.00. The Balaban J connectivity index is 1.69. The Morgan fingerprint density at radius 3 is 2.24 bits per heavy atom. The molecule has 0 unspecified atom stereocenters. The summed E-state index contributed by atoms with van der Waals surface area (Å²) in [5.41, 5.74) is -0.191. The van der Waals surface area contributed by atoms with Gasteiger partial charge in [-0.05, 0) is 56.6 Å². The third-order valence-corrected chi connectivity index (χ3v) is 5.25. The number of carbonyl (C=O) groups is 2. The maximum absolute atomic E-state index is 14.0. The summed E-state index contributed by atoms with van der Waals surface area (Å²) < 4.78 is 32.2. The zero-order valence-corrected chi connectivity index (χ0v) is 14.3. The van der Waals surface area contributed by atoms with Crippen LogP contribution in [0.3, 0.4) is 0 Å². The SMILES string of the molecule is COC(=O)CC1CCC(N(C(=O)c2cccc(F)c2F)C2CC2)CC1. The Labute approximate surface area is 146 Å². The van der Waals surface area contributed by atoms with Gasteiger partial charge in [-0.1, -0.05) is 6.07 Å². The van der Waals surface area contributed by atoms with Crippen molar-refractivity contribution < 1.29 is 23.1 Å². The van der Waals surface area contributed by atoms with E-state index in [1.807, 2.05) is 0 Å². The molecule has 0 spiro atoms. The molecule has 1 aromatic carbocycles. The highest BCUT2D eigenvalue weighted by molar-refractivity contribution is 5.95. The molecule has 1 aromatic rings. The normalized spacial score (nSPS) is 23.2. The van der Waals surface area contributed by atoms with Gasteiger partial charge in [0, 0.05) is 18.5 Å². The van der Waals surface area contributed by atoms with Crippen LogP contribution in [0.2, 0.25) is 0 Å². The van der Waals surface area contributed by atoms with Gasteiger partial charge in [-0.25, -0.2) is 8.78 Å². The average molecular weight is 351 g/mol. The molecule has 0 saturated heterocycles. The average Bonchev–Trinajstić information content (AvgIpc) is 3.43. The van der Waals surface area contributed by atoms with Crippen molar-refractivity contribution in [2.45, 2.75) is 57.0 Å². The first-order valence-electron chi connectivity index (χ1n) is 8.84. The Morgan fingerprint density at radius 1 is 1.08 bits per heavy atom. The molecule has 0 aromatic heterocycles. The first-order valence-corrected chi connectivity index (χ1v) is 8.84. The minimum Gasteiger partial charge on any atom is -0.469 e. The smallest absolute Gasteiger partial charge is 0.305 e. The van der Waals surface area contributed by atoms with Gasteiger partial charge in [0.2, 0.25) is 0 Å². The highest BCUT2D eigenvalue weighted by Gasteiger charge is 2.40. The van der Waals surface area contributed by atoms with Crippen molar-refractivity contribution >= 4 is 11.9 Å². The summed E-state index contributed by atoms with van der Waals surface area (Å²) in [5, 5.41) is 0. The number of hydrogen-bond donors (Lipinski definition) is 0. The summed E-state index contributed by atoms with van der Waals surface area (Å²) in [6.07, 6.45) is 5.44. The predicted octanol–water partition coefficient (Wildman–Crippen LogP) is 3.69. The number of methoxy groups -OCH3 is 1. The summed E-state index contributed by atoms with van der Waals surface area (Å²) in [7, 11) is 1.38. The third-order valence-electron chi connectivity index (χ3n) is 5.25. The molecule has 0 radical (unpaired) electrons. The van der Waals surface area contributed by atoms with E-state index in [2.05, 4.69) is 0 Å². The lowest BCUT2D eigenvalue weighted by atomic mass is 9.83. The van der Waals surface area contributed by atoms with Gasteiger partial charge in [-0.3, -0.25) is 9.59 Å². The topological polar surface area (TPSA) is 46.6 Å². The molecule has 0 heterocycles. The summed E-state index contributed by atoms with van der Waals surface area (Å²) in [4.78, 5) is 26.0. The minimum absolute atomic E-state index is 0.0246. The lowest BCUT2D eigenvalue weighted by molar-refractivity contribution is -0.142. The highest BCUT2D eigenvalue weighted by Crippen LogP contribution is 2.37. The number of amides is 1. The number of benzene rings is 1. The van der Waals surface area contributed by atoms with E-state index in [1.165, 1.54) is 19.2 Å². The van der Waals surface area contributed by atoms with Crippen molar-refractivity contribution in [3.63, 3.8) is 0 Å². The van der Waals surface area contributed by atoms with Gasteiger partial charge >= 0.3 is 5.97 Å². The fourth-order valence-corrected chi connectivity index (χ4v) is 3.74. The van der Waals surface area contributed by atoms with Crippen LogP contribution in [0.1, 0.15) is 55.3 Å². The largest absolute Gasteiger partial charge is 0.469 e. The van der Waals surface area contributed by atoms with Gasteiger partial charge < -0.3 is 9.64 Å². The van der Waals surface area contributed by atoms with Crippen molar-refractivity contribution in [3.05, 3.63) is 35.4 Å². The first-order chi connectivity index (χ1) is 12.0. The van der Waals surface area contributed by atoms with Gasteiger partial charge in [-0.2, -0.15) is 0 Å². The van der Waals surface area contributed by atoms with E-state index < -0.39 is 17.5 Å². The quantitative estimate of drug-likeness (QED) is 0.760. The Kier molecular flexibility index (Phi) is 5.35. The van der Waals surface area contributed by atoms with Crippen LogP contribution in [-0.2, 0) is 9.53 Å². The molecule has 25 heavy (non-hydrogen) atoms. The number of ether oxygens (including phenoxy) is 1. The molecule has 2 aliphatic carbocycles. The summed E-state index contributed by atoms with van der Waals surface area (Å²) in [5.74, 6) is -2.43. The number of halogens is 2. The van der Waals surface area contributed by atoms with E-state index in [0.29, 0.717) is 6.42 Å². The zero-order chi connectivity index (χ0) is 18.0. The number of rotatable bonds is 5. The Bertz CT molecular complexity index is 652. The van der Waals surface area contributed by atoms with Gasteiger partial charge in [0.05, 0.1) is 12.7 Å². The van der Waals surface area contributed by atoms with Crippen LogP contribution in [0, 0.1) is 17.6 Å². The van der Waals surface area contributed by atoms with Crippen molar-refractivity contribution in [2.24, 2.45) is 5.92 Å². The van der Waals surface area contributed by atoms with E-state index in [-0.39, 0.29) is 29.5 Å². The molecular formula is C19H23F2NO3. The molecule has 136 valence electrons. The molecule has 0 atom stereocenters. The van der Waals surface area contributed by atoms with Gasteiger partial charge in [0.1, 0.15) is 0 Å². The summed E-state index contributed by atoms with van der Waals surface area (Å²) in [6.45, 7) is 0. The van der Waals surface area contributed by atoms with E-state index in [1.54, 1.807) is 4.90 Å². The van der Waals surface area contributed by atoms with Crippen molar-refractivity contribution in [3.8, 4) is 0 Å². The van der Waals surface area contributed by atoms with Gasteiger partial charge in [0.25, 0.3) is 5.91 Å². The Morgan fingerprint density at radius 2 is 1.68 bits per heavy atom.